The number of nitrogens with one attached hydrogen (secondary N) is 1. The molecule has 1 rings (SSSR count). The fourth-order valence-electron chi connectivity index (χ4n) is 2.31. The first kappa shape index (κ1) is 16.5. The summed E-state index contributed by atoms with van der Waals surface area (Å²) < 4.78 is 0. The molecular formula is C17H28N2O. The molecule has 3 heteroatoms. The monoisotopic (exact) mass is 276 g/mol. The number of nitrogens with zero attached hydrogens (tertiary/aromatic N) is 1. The Morgan fingerprint density at radius 2 is 2.05 bits per heavy atom. The second-order valence-corrected chi connectivity index (χ2v) is 5.39. The third-order valence-electron chi connectivity index (χ3n) is 3.88. The van der Waals surface area contributed by atoms with Crippen molar-refractivity contribution in [2.75, 3.05) is 18.9 Å². The first-order chi connectivity index (χ1) is 9.54. The van der Waals surface area contributed by atoms with Gasteiger partial charge in [-0.3, -0.25) is 4.79 Å². The summed E-state index contributed by atoms with van der Waals surface area (Å²) in [5.74, 6) is 0.151. The Balaban J connectivity index is 2.96. The van der Waals surface area contributed by atoms with E-state index in [9.17, 15) is 4.79 Å². The Morgan fingerprint density at radius 1 is 1.35 bits per heavy atom. The molecule has 0 saturated carbocycles. The van der Waals surface area contributed by atoms with Gasteiger partial charge < -0.3 is 10.2 Å². The number of carbonyl (C=O) groups is 1. The molecule has 0 heterocycles. The van der Waals surface area contributed by atoms with Gasteiger partial charge >= 0.3 is 0 Å². The van der Waals surface area contributed by atoms with Gasteiger partial charge in [0.25, 0.3) is 5.91 Å². The summed E-state index contributed by atoms with van der Waals surface area (Å²) in [6.07, 6.45) is 3.16. The zero-order valence-electron chi connectivity index (χ0n) is 13.5. The van der Waals surface area contributed by atoms with Gasteiger partial charge in [0.2, 0.25) is 0 Å². The van der Waals surface area contributed by atoms with E-state index in [1.165, 1.54) is 0 Å². The number of amides is 1. The molecule has 1 N–H and O–H groups in total. The molecule has 0 aliphatic heterocycles. The summed E-state index contributed by atoms with van der Waals surface area (Å²) in [7, 11) is 1.90. The Labute approximate surface area is 123 Å². The molecule has 0 aliphatic rings. The molecule has 0 bridgehead atoms. The van der Waals surface area contributed by atoms with E-state index in [-0.39, 0.29) is 5.91 Å². The highest BCUT2D eigenvalue weighted by atomic mass is 16.2. The lowest BCUT2D eigenvalue weighted by atomic mass is 10.1. The normalized spacial score (nSPS) is 12.1. The van der Waals surface area contributed by atoms with Crippen molar-refractivity contribution in [2.24, 2.45) is 0 Å². The first-order valence-electron chi connectivity index (χ1n) is 7.64. The number of unbranched alkanes of at least 4 members (excludes halogenated alkanes) is 1. The van der Waals surface area contributed by atoms with Crippen LogP contribution in [0.5, 0.6) is 0 Å². The largest absolute Gasteiger partial charge is 0.388 e. The molecule has 0 radical (unpaired) electrons. The number of rotatable bonds is 7. The van der Waals surface area contributed by atoms with E-state index in [4.69, 9.17) is 0 Å². The fourth-order valence-corrected chi connectivity index (χ4v) is 2.31. The quantitative estimate of drug-likeness (QED) is 0.814. The van der Waals surface area contributed by atoms with Crippen LogP contribution < -0.4 is 5.32 Å². The zero-order chi connectivity index (χ0) is 15.1. The number of anilines is 1. The third-order valence-corrected chi connectivity index (χ3v) is 3.88. The second kappa shape index (κ2) is 7.93. The van der Waals surface area contributed by atoms with Crippen LogP contribution in [0.25, 0.3) is 0 Å². The van der Waals surface area contributed by atoms with Gasteiger partial charge in [0.1, 0.15) is 0 Å². The lowest BCUT2D eigenvalue weighted by Gasteiger charge is -2.29. The van der Waals surface area contributed by atoms with Crippen molar-refractivity contribution in [1.29, 1.82) is 0 Å². The van der Waals surface area contributed by atoms with E-state index in [1.54, 1.807) is 0 Å². The Bertz CT molecular complexity index is 443. The molecule has 3 nitrogen and oxygen atoms in total. The first-order valence-corrected chi connectivity index (χ1v) is 7.64. The predicted octanol–water partition coefficient (Wildman–Crippen LogP) is 4.08. The molecule has 1 amide bonds. The Kier molecular flexibility index (Phi) is 6.56. The van der Waals surface area contributed by atoms with Crippen molar-refractivity contribution in [3.8, 4) is 0 Å². The smallest absolute Gasteiger partial charge is 0.254 e. The summed E-state index contributed by atoms with van der Waals surface area (Å²) in [6, 6.07) is 6.17. The maximum Gasteiger partial charge on any atom is 0.254 e. The van der Waals surface area contributed by atoms with Crippen LogP contribution in [0, 0.1) is 6.92 Å². The second-order valence-electron chi connectivity index (χ2n) is 5.39. The van der Waals surface area contributed by atoms with Crippen LogP contribution in [0.15, 0.2) is 18.2 Å². The van der Waals surface area contributed by atoms with Crippen LogP contribution in [0.3, 0.4) is 0 Å². The summed E-state index contributed by atoms with van der Waals surface area (Å²) in [5, 5.41) is 3.13. The average molecular weight is 276 g/mol. The minimum Gasteiger partial charge on any atom is -0.388 e. The fraction of sp³-hybridized carbons (Fsp3) is 0.588. The molecule has 0 spiro atoms. The highest BCUT2D eigenvalue weighted by molar-refractivity contribution is 5.95. The van der Waals surface area contributed by atoms with Crippen molar-refractivity contribution < 1.29 is 4.79 Å². The van der Waals surface area contributed by atoms with Gasteiger partial charge in [-0.1, -0.05) is 20.3 Å². The molecule has 20 heavy (non-hydrogen) atoms. The van der Waals surface area contributed by atoms with Crippen LogP contribution in [0.2, 0.25) is 0 Å². The summed E-state index contributed by atoms with van der Waals surface area (Å²) in [6.45, 7) is 9.29. The van der Waals surface area contributed by atoms with E-state index in [0.717, 1.165) is 42.6 Å². The molecule has 0 saturated heterocycles. The molecule has 1 aromatic rings. The summed E-state index contributed by atoms with van der Waals surface area (Å²) in [5.41, 5.74) is 2.97. The average Bonchev–Trinajstić information content (AvgIpc) is 2.46. The minimum absolute atomic E-state index is 0.151. The standard InChI is InChI=1S/C17H28N2O/c1-6-8-11-19(14(4)7-2)17(20)15-9-10-16(18-5)13(3)12-15/h9-10,12,14,18H,6-8,11H2,1-5H3. The minimum atomic E-state index is 0.151. The van der Waals surface area contributed by atoms with Crippen molar-refractivity contribution in [3.63, 3.8) is 0 Å². The molecule has 112 valence electrons. The zero-order valence-corrected chi connectivity index (χ0v) is 13.5. The van der Waals surface area contributed by atoms with Gasteiger partial charge in [-0.15, -0.1) is 0 Å². The molecular weight excluding hydrogens is 248 g/mol. The molecule has 0 aliphatic carbocycles. The van der Waals surface area contributed by atoms with Crippen molar-refractivity contribution in [3.05, 3.63) is 29.3 Å². The maximum atomic E-state index is 12.7. The van der Waals surface area contributed by atoms with Gasteiger partial charge in [-0.25, -0.2) is 0 Å². The number of benzene rings is 1. The van der Waals surface area contributed by atoms with Crippen LogP contribution in [-0.2, 0) is 0 Å². The lowest BCUT2D eigenvalue weighted by molar-refractivity contribution is 0.0685. The Hall–Kier alpha value is -1.51. The maximum absolute atomic E-state index is 12.7. The van der Waals surface area contributed by atoms with E-state index < -0.39 is 0 Å². The number of carbonyl (C=O) groups excluding carboxylic acids is 1. The molecule has 0 fully saturated rings. The highest BCUT2D eigenvalue weighted by Crippen LogP contribution is 2.18. The van der Waals surface area contributed by atoms with E-state index in [1.807, 2.05) is 37.1 Å². The number of hydrogen-bond acceptors (Lipinski definition) is 2. The van der Waals surface area contributed by atoms with Crippen LogP contribution in [0.1, 0.15) is 56.0 Å². The van der Waals surface area contributed by atoms with Crippen molar-refractivity contribution >= 4 is 11.6 Å². The third kappa shape index (κ3) is 3.99. The summed E-state index contributed by atoms with van der Waals surface area (Å²) in [4.78, 5) is 14.7. The Morgan fingerprint density at radius 3 is 2.55 bits per heavy atom. The molecule has 1 atom stereocenters. The van der Waals surface area contributed by atoms with E-state index in [0.29, 0.717) is 6.04 Å². The van der Waals surface area contributed by atoms with Crippen molar-refractivity contribution in [2.45, 2.75) is 53.0 Å². The lowest BCUT2D eigenvalue weighted by Crippen LogP contribution is -2.39. The van der Waals surface area contributed by atoms with E-state index in [2.05, 4.69) is 26.1 Å². The van der Waals surface area contributed by atoms with Crippen LogP contribution in [0.4, 0.5) is 5.69 Å². The van der Waals surface area contributed by atoms with Gasteiger partial charge in [0.05, 0.1) is 0 Å². The van der Waals surface area contributed by atoms with Crippen LogP contribution in [-0.4, -0.2) is 30.4 Å². The van der Waals surface area contributed by atoms with Gasteiger partial charge in [-0.05, 0) is 50.5 Å². The SMILES string of the molecule is CCCCN(C(=O)c1ccc(NC)c(C)c1)C(C)CC. The molecule has 1 unspecified atom stereocenters. The number of aryl methyl sites for hydroxylation is 1. The van der Waals surface area contributed by atoms with E-state index >= 15 is 0 Å². The van der Waals surface area contributed by atoms with Gasteiger partial charge in [-0.2, -0.15) is 0 Å². The highest BCUT2D eigenvalue weighted by Gasteiger charge is 2.20. The number of hydrogen-bond donors (Lipinski definition) is 1. The molecule has 1 aromatic carbocycles. The van der Waals surface area contributed by atoms with Gasteiger partial charge in [0, 0.05) is 30.9 Å². The van der Waals surface area contributed by atoms with Crippen LogP contribution >= 0.6 is 0 Å². The predicted molar refractivity (Wildman–Crippen MR) is 86.4 cm³/mol. The van der Waals surface area contributed by atoms with Gasteiger partial charge in [0.15, 0.2) is 0 Å². The van der Waals surface area contributed by atoms with Crippen molar-refractivity contribution in [1.82, 2.24) is 4.90 Å². The summed E-state index contributed by atoms with van der Waals surface area (Å²) >= 11 is 0. The molecule has 0 aromatic heterocycles. The topological polar surface area (TPSA) is 32.3 Å².